The number of hydrogen-bond acceptors (Lipinski definition) is 3. The molecular weight excluding hydrogens is 228 g/mol. The van der Waals surface area contributed by atoms with Crippen LogP contribution in [0.3, 0.4) is 0 Å². The minimum Gasteiger partial charge on any atom is -0.387 e. The molecule has 2 heterocycles. The van der Waals surface area contributed by atoms with E-state index in [9.17, 15) is 13.5 Å². The Morgan fingerprint density at radius 1 is 1.31 bits per heavy atom. The zero-order chi connectivity index (χ0) is 12.0. The summed E-state index contributed by atoms with van der Waals surface area (Å²) in [5.41, 5.74) is -0.839. The molecule has 2 aliphatic rings. The fourth-order valence-corrected chi connectivity index (χ4v) is 4.41. The lowest BCUT2D eigenvalue weighted by molar-refractivity contribution is -0.0455. The van der Waals surface area contributed by atoms with Crippen molar-refractivity contribution in [3.8, 4) is 0 Å². The molecule has 16 heavy (non-hydrogen) atoms. The van der Waals surface area contributed by atoms with Crippen LogP contribution in [0.15, 0.2) is 0 Å². The van der Waals surface area contributed by atoms with Gasteiger partial charge in [-0.15, -0.1) is 0 Å². The first kappa shape index (κ1) is 12.3. The largest absolute Gasteiger partial charge is 0.387 e. The summed E-state index contributed by atoms with van der Waals surface area (Å²) in [6.07, 6.45) is 2.04. The Morgan fingerprint density at radius 3 is 2.44 bits per heavy atom. The van der Waals surface area contributed by atoms with E-state index in [-0.39, 0.29) is 13.1 Å². The number of rotatable bonds is 2. The highest BCUT2D eigenvalue weighted by atomic mass is 32.2. The molecule has 0 aromatic rings. The normalized spacial score (nSPS) is 32.3. The molecule has 0 aromatic heterocycles. The minimum absolute atomic E-state index is 0.222. The maximum atomic E-state index is 12.1. The molecule has 6 heteroatoms. The minimum atomic E-state index is -3.32. The fourth-order valence-electron chi connectivity index (χ4n) is 2.40. The van der Waals surface area contributed by atoms with E-state index in [0.29, 0.717) is 19.0 Å². The van der Waals surface area contributed by atoms with Crippen LogP contribution in [0, 0.1) is 5.92 Å². The summed E-state index contributed by atoms with van der Waals surface area (Å²) in [6, 6.07) is 0. The smallest absolute Gasteiger partial charge is 0.282 e. The van der Waals surface area contributed by atoms with Crippen LogP contribution >= 0.6 is 0 Å². The topological polar surface area (TPSA) is 60.9 Å². The standard InChI is InChI=1S/C10H20N2O3S/c1-9-4-3-5-11(6-9)16(14,15)12-7-10(2,13)8-12/h9,13H,3-8H2,1-2H3. The van der Waals surface area contributed by atoms with Crippen LogP contribution < -0.4 is 0 Å². The van der Waals surface area contributed by atoms with E-state index in [1.807, 2.05) is 0 Å². The third kappa shape index (κ3) is 2.25. The highest BCUT2D eigenvalue weighted by Gasteiger charge is 2.46. The summed E-state index contributed by atoms with van der Waals surface area (Å²) >= 11 is 0. The van der Waals surface area contributed by atoms with Crippen LogP contribution in [-0.4, -0.2) is 53.9 Å². The number of aliphatic hydroxyl groups is 1. The van der Waals surface area contributed by atoms with Crippen LogP contribution in [0.4, 0.5) is 0 Å². The molecule has 94 valence electrons. The Balaban J connectivity index is 2.02. The van der Waals surface area contributed by atoms with E-state index in [2.05, 4.69) is 6.92 Å². The van der Waals surface area contributed by atoms with E-state index in [4.69, 9.17) is 0 Å². The molecule has 0 spiro atoms. The first-order valence-corrected chi connectivity index (χ1v) is 7.18. The molecular formula is C10H20N2O3S. The van der Waals surface area contributed by atoms with Gasteiger partial charge in [0.25, 0.3) is 10.2 Å². The van der Waals surface area contributed by atoms with Gasteiger partial charge in [-0.2, -0.15) is 17.0 Å². The summed E-state index contributed by atoms with van der Waals surface area (Å²) < 4.78 is 27.2. The van der Waals surface area contributed by atoms with Gasteiger partial charge in [0.05, 0.1) is 5.60 Å². The lowest BCUT2D eigenvalue weighted by atomic mass is 10.0. The van der Waals surface area contributed by atoms with Crippen molar-refractivity contribution < 1.29 is 13.5 Å². The molecule has 0 bridgehead atoms. The molecule has 1 atom stereocenters. The van der Waals surface area contributed by atoms with Gasteiger partial charge in [0, 0.05) is 26.2 Å². The van der Waals surface area contributed by atoms with E-state index in [0.717, 1.165) is 12.8 Å². The van der Waals surface area contributed by atoms with E-state index >= 15 is 0 Å². The SMILES string of the molecule is CC1CCCN(S(=O)(=O)N2CC(C)(O)C2)C1. The first-order chi connectivity index (χ1) is 7.31. The van der Waals surface area contributed by atoms with Crippen LogP contribution in [-0.2, 0) is 10.2 Å². The molecule has 0 saturated carbocycles. The quantitative estimate of drug-likeness (QED) is 0.750. The van der Waals surface area contributed by atoms with Crippen LogP contribution in [0.1, 0.15) is 26.7 Å². The molecule has 2 rings (SSSR count). The van der Waals surface area contributed by atoms with Crippen molar-refractivity contribution in [1.82, 2.24) is 8.61 Å². The van der Waals surface area contributed by atoms with Crippen molar-refractivity contribution in [2.24, 2.45) is 5.92 Å². The Hall–Kier alpha value is -0.170. The Kier molecular flexibility index (Phi) is 3.03. The number of hydrogen-bond donors (Lipinski definition) is 1. The highest BCUT2D eigenvalue weighted by Crippen LogP contribution is 2.27. The molecule has 1 N–H and O–H groups in total. The van der Waals surface area contributed by atoms with Gasteiger partial charge in [-0.05, 0) is 25.7 Å². The lowest BCUT2D eigenvalue weighted by Crippen LogP contribution is -2.64. The Bertz CT molecular complexity index is 358. The average Bonchev–Trinajstić information content (AvgIpc) is 2.14. The predicted octanol–water partition coefficient (Wildman–Crippen LogP) is 0.0297. The van der Waals surface area contributed by atoms with Crippen molar-refractivity contribution in [3.05, 3.63) is 0 Å². The first-order valence-electron chi connectivity index (χ1n) is 5.79. The Labute approximate surface area is 97.2 Å². The van der Waals surface area contributed by atoms with Crippen LogP contribution in [0.2, 0.25) is 0 Å². The van der Waals surface area contributed by atoms with Crippen molar-refractivity contribution in [2.75, 3.05) is 26.2 Å². The number of nitrogens with zero attached hydrogens (tertiary/aromatic N) is 2. The van der Waals surface area contributed by atoms with Gasteiger partial charge in [-0.3, -0.25) is 0 Å². The third-order valence-corrected chi connectivity index (χ3v) is 5.20. The summed E-state index contributed by atoms with van der Waals surface area (Å²) in [5, 5.41) is 9.57. The van der Waals surface area contributed by atoms with Crippen LogP contribution in [0.5, 0.6) is 0 Å². The third-order valence-electron chi connectivity index (χ3n) is 3.31. The van der Waals surface area contributed by atoms with E-state index in [1.165, 1.54) is 4.31 Å². The summed E-state index contributed by atoms with van der Waals surface area (Å²) in [6.45, 7) is 5.42. The number of β-amino-alcohol motifs (C(OH)–C–C–N with tert-alkyl or cyclic N) is 1. The molecule has 0 amide bonds. The van der Waals surface area contributed by atoms with Crippen molar-refractivity contribution in [2.45, 2.75) is 32.3 Å². The second kappa shape index (κ2) is 3.94. The maximum Gasteiger partial charge on any atom is 0.282 e. The molecule has 5 nitrogen and oxygen atoms in total. The predicted molar refractivity (Wildman–Crippen MR) is 61.1 cm³/mol. The van der Waals surface area contributed by atoms with Gasteiger partial charge in [0.1, 0.15) is 0 Å². The van der Waals surface area contributed by atoms with Gasteiger partial charge in [0.2, 0.25) is 0 Å². The molecule has 1 unspecified atom stereocenters. The van der Waals surface area contributed by atoms with Gasteiger partial charge in [-0.1, -0.05) is 6.92 Å². The fraction of sp³-hybridized carbons (Fsp3) is 1.00. The lowest BCUT2D eigenvalue weighted by Gasteiger charge is -2.45. The van der Waals surface area contributed by atoms with Crippen molar-refractivity contribution in [3.63, 3.8) is 0 Å². The molecule has 2 fully saturated rings. The van der Waals surface area contributed by atoms with Gasteiger partial charge >= 0.3 is 0 Å². The maximum absolute atomic E-state index is 12.1. The van der Waals surface area contributed by atoms with E-state index in [1.54, 1.807) is 11.2 Å². The van der Waals surface area contributed by atoms with Crippen LogP contribution in [0.25, 0.3) is 0 Å². The molecule has 2 saturated heterocycles. The highest BCUT2D eigenvalue weighted by molar-refractivity contribution is 7.86. The van der Waals surface area contributed by atoms with Gasteiger partial charge in [-0.25, -0.2) is 0 Å². The van der Waals surface area contributed by atoms with Crippen molar-refractivity contribution >= 4 is 10.2 Å². The monoisotopic (exact) mass is 248 g/mol. The molecule has 2 aliphatic heterocycles. The summed E-state index contributed by atoms with van der Waals surface area (Å²) in [7, 11) is -3.32. The van der Waals surface area contributed by atoms with E-state index < -0.39 is 15.8 Å². The summed E-state index contributed by atoms with van der Waals surface area (Å²) in [4.78, 5) is 0. The average molecular weight is 248 g/mol. The van der Waals surface area contributed by atoms with Crippen molar-refractivity contribution in [1.29, 1.82) is 0 Å². The zero-order valence-electron chi connectivity index (χ0n) is 9.89. The second-order valence-corrected chi connectivity index (χ2v) is 7.31. The molecule has 0 radical (unpaired) electrons. The second-order valence-electron chi connectivity index (χ2n) is 5.38. The Morgan fingerprint density at radius 2 is 1.94 bits per heavy atom. The summed E-state index contributed by atoms with van der Waals surface area (Å²) in [5.74, 6) is 0.435. The number of piperidine rings is 1. The zero-order valence-corrected chi connectivity index (χ0v) is 10.7. The van der Waals surface area contributed by atoms with Gasteiger partial charge in [0.15, 0.2) is 0 Å². The molecule has 0 aliphatic carbocycles. The van der Waals surface area contributed by atoms with Gasteiger partial charge < -0.3 is 5.11 Å². The molecule has 0 aromatic carbocycles.